The van der Waals surface area contributed by atoms with Gasteiger partial charge >= 0.3 is 0 Å². The molecule has 2 unspecified atom stereocenters. The zero-order valence-electron chi connectivity index (χ0n) is 33.4. The minimum Gasteiger partial charge on any atom is -0.454 e. The molecular weight excluding hydrogens is 717 g/mol. The molecule has 2 aliphatic carbocycles. The molecule has 2 atom stereocenters. The first kappa shape index (κ1) is 34.0. The predicted molar refractivity (Wildman–Crippen MR) is 248 cm³/mol. The summed E-state index contributed by atoms with van der Waals surface area (Å²) in [5.74, 6) is 0.406. The molecule has 8 aromatic carbocycles. The Labute approximate surface area is 343 Å². The van der Waals surface area contributed by atoms with Crippen molar-refractivity contribution in [2.24, 2.45) is 5.92 Å². The van der Waals surface area contributed by atoms with Crippen molar-refractivity contribution in [3.8, 4) is 16.8 Å². The van der Waals surface area contributed by atoms with Crippen LogP contribution in [0.5, 0.6) is 0 Å². The second kappa shape index (κ2) is 12.4. The highest BCUT2D eigenvalue weighted by molar-refractivity contribution is 6.26. The fraction of sp³-hybridized carbons (Fsp3) is 0.107. The van der Waals surface area contributed by atoms with Gasteiger partial charge in [0, 0.05) is 49.7 Å². The van der Waals surface area contributed by atoms with Crippen LogP contribution < -0.4 is 4.90 Å². The van der Waals surface area contributed by atoms with Crippen molar-refractivity contribution in [2.45, 2.75) is 31.6 Å². The molecule has 0 bridgehead atoms. The van der Waals surface area contributed by atoms with Crippen LogP contribution in [-0.2, 0) is 10.8 Å². The number of allylic oxidation sites excluding steroid dienone is 4. The zero-order valence-corrected chi connectivity index (χ0v) is 33.4. The maximum absolute atomic E-state index is 6.83. The van der Waals surface area contributed by atoms with Gasteiger partial charge in [0.1, 0.15) is 5.58 Å². The van der Waals surface area contributed by atoms with E-state index in [1.54, 1.807) is 0 Å². The Balaban J connectivity index is 1.07. The first-order valence-corrected chi connectivity index (χ1v) is 20.7. The van der Waals surface area contributed by atoms with Crippen molar-refractivity contribution in [1.29, 1.82) is 0 Å². The summed E-state index contributed by atoms with van der Waals surface area (Å²) in [5.41, 5.74) is 13.7. The van der Waals surface area contributed by atoms with E-state index in [9.17, 15) is 0 Å². The lowest BCUT2D eigenvalue weighted by Crippen LogP contribution is -2.33. The summed E-state index contributed by atoms with van der Waals surface area (Å²) in [6.45, 7) is 7.22. The molecule has 0 amide bonds. The topological polar surface area (TPSA) is 21.3 Å². The van der Waals surface area contributed by atoms with Gasteiger partial charge in [-0.2, -0.15) is 0 Å². The Morgan fingerprint density at radius 1 is 0.559 bits per heavy atom. The molecule has 0 fully saturated rings. The normalized spacial score (nSPS) is 18.0. The van der Waals surface area contributed by atoms with Crippen molar-refractivity contribution in [1.82, 2.24) is 4.57 Å². The van der Waals surface area contributed by atoms with Crippen LogP contribution in [-0.4, -0.2) is 4.57 Å². The average Bonchev–Trinajstić information content (AvgIpc) is 3.88. The lowest BCUT2D eigenvalue weighted by atomic mass is 9.67. The monoisotopic (exact) mass is 758 g/mol. The fourth-order valence-corrected chi connectivity index (χ4v) is 10.8. The number of furan rings is 1. The zero-order chi connectivity index (χ0) is 39.5. The lowest BCUT2D eigenvalue weighted by molar-refractivity contribution is 0.324. The van der Waals surface area contributed by atoms with Crippen LogP contribution in [0.3, 0.4) is 0 Å². The number of anilines is 3. The molecule has 2 heterocycles. The van der Waals surface area contributed by atoms with Crippen LogP contribution in [0.25, 0.3) is 71.3 Å². The minimum absolute atomic E-state index is 0.0130. The van der Waals surface area contributed by atoms with Gasteiger partial charge < -0.3 is 13.9 Å². The van der Waals surface area contributed by atoms with Crippen LogP contribution in [0.4, 0.5) is 17.1 Å². The van der Waals surface area contributed by atoms with Gasteiger partial charge in [-0.15, -0.1) is 0 Å². The van der Waals surface area contributed by atoms with Gasteiger partial charge in [-0.05, 0) is 111 Å². The predicted octanol–water partition coefficient (Wildman–Crippen LogP) is 15.3. The number of fused-ring (bicyclic) bond motifs is 11. The highest BCUT2D eigenvalue weighted by atomic mass is 16.3. The van der Waals surface area contributed by atoms with Crippen LogP contribution >= 0.6 is 0 Å². The third kappa shape index (κ3) is 4.88. The molecule has 0 radical (unpaired) electrons. The molecule has 10 aromatic rings. The van der Waals surface area contributed by atoms with Crippen LogP contribution in [0.15, 0.2) is 199 Å². The van der Waals surface area contributed by atoms with Gasteiger partial charge in [-0.1, -0.05) is 148 Å². The van der Waals surface area contributed by atoms with Crippen LogP contribution in [0, 0.1) is 5.92 Å². The average molecular weight is 759 g/mol. The van der Waals surface area contributed by atoms with E-state index >= 15 is 0 Å². The Morgan fingerprint density at radius 3 is 2.12 bits per heavy atom. The molecule has 59 heavy (non-hydrogen) atoms. The summed E-state index contributed by atoms with van der Waals surface area (Å²) >= 11 is 0. The highest BCUT2D eigenvalue weighted by Gasteiger charge is 2.51. The summed E-state index contributed by atoms with van der Waals surface area (Å²) in [6.07, 6.45) is 9.25. The van der Waals surface area contributed by atoms with E-state index in [-0.39, 0.29) is 10.8 Å². The fourth-order valence-electron chi connectivity index (χ4n) is 10.8. The summed E-state index contributed by atoms with van der Waals surface area (Å²) < 4.78 is 9.24. The number of hydrogen-bond acceptors (Lipinski definition) is 2. The molecule has 0 spiro atoms. The standard InChI is InChI=1S/C56H42N2O/c1-55(2)48-34-42(30-31-47(48)56(3)32-14-13-23-51(55)56)57(39-17-5-4-6-18-39)40-27-25-37(26-28-40)45-35-46-43-19-10-12-22-50(43)59-54(46)53-52(45)44-20-9-11-21-49(44)58(53)41-29-24-36-15-7-8-16-38(36)33-41/h4-35,51H,1-3H3. The van der Waals surface area contributed by atoms with Crippen molar-refractivity contribution in [2.75, 3.05) is 4.90 Å². The van der Waals surface area contributed by atoms with Gasteiger partial charge in [-0.3, -0.25) is 0 Å². The summed E-state index contributed by atoms with van der Waals surface area (Å²) in [4.78, 5) is 2.41. The molecule has 0 saturated carbocycles. The third-order valence-electron chi connectivity index (χ3n) is 13.5. The van der Waals surface area contributed by atoms with Crippen molar-refractivity contribution >= 4 is 71.6 Å². The van der Waals surface area contributed by atoms with E-state index in [1.807, 2.05) is 0 Å². The van der Waals surface area contributed by atoms with Gasteiger partial charge in [0.15, 0.2) is 5.58 Å². The van der Waals surface area contributed by atoms with E-state index in [1.165, 1.54) is 38.2 Å². The van der Waals surface area contributed by atoms with E-state index in [4.69, 9.17) is 4.42 Å². The molecule has 282 valence electrons. The van der Waals surface area contributed by atoms with E-state index in [0.29, 0.717) is 5.92 Å². The molecule has 0 N–H and O–H groups in total. The smallest absolute Gasteiger partial charge is 0.160 e. The van der Waals surface area contributed by atoms with Gasteiger partial charge in [-0.25, -0.2) is 0 Å². The number of aromatic nitrogens is 1. The number of nitrogens with zero attached hydrogens (tertiary/aromatic N) is 2. The maximum atomic E-state index is 6.83. The largest absolute Gasteiger partial charge is 0.454 e. The second-order valence-corrected chi connectivity index (χ2v) is 17.2. The van der Waals surface area contributed by atoms with Crippen LogP contribution in [0.2, 0.25) is 0 Å². The van der Waals surface area contributed by atoms with Crippen molar-refractivity contribution in [3.05, 3.63) is 205 Å². The molecule has 0 saturated heterocycles. The van der Waals surface area contributed by atoms with E-state index < -0.39 is 0 Å². The molecule has 2 aliphatic rings. The van der Waals surface area contributed by atoms with E-state index in [0.717, 1.165) is 61.3 Å². The molecule has 2 aromatic heterocycles. The lowest BCUT2D eigenvalue weighted by Gasteiger charge is -2.36. The number of benzene rings is 8. The molecule has 3 heteroatoms. The molecular formula is C56H42N2O. The van der Waals surface area contributed by atoms with Crippen molar-refractivity contribution < 1.29 is 4.42 Å². The molecule has 3 nitrogen and oxygen atoms in total. The van der Waals surface area contributed by atoms with Gasteiger partial charge in [0.05, 0.1) is 11.0 Å². The number of para-hydroxylation sites is 3. The Hall–Kier alpha value is -7.10. The second-order valence-electron chi connectivity index (χ2n) is 17.2. The Morgan fingerprint density at radius 2 is 1.27 bits per heavy atom. The van der Waals surface area contributed by atoms with Gasteiger partial charge in [0.25, 0.3) is 0 Å². The van der Waals surface area contributed by atoms with Crippen molar-refractivity contribution in [3.63, 3.8) is 0 Å². The van der Waals surface area contributed by atoms with Crippen LogP contribution in [0.1, 0.15) is 31.9 Å². The SMILES string of the molecule is CC1(C)c2cc(N(c3ccccc3)c3ccc(-c4cc5c6ccccc6oc5c5c4c4ccccc4n5-c4ccc5ccccc5c4)cc3)ccc2C2(C)C=CC=CC12. The summed E-state index contributed by atoms with van der Waals surface area (Å²) in [7, 11) is 0. The summed E-state index contributed by atoms with van der Waals surface area (Å²) in [6, 6.07) is 62.0. The number of rotatable bonds is 5. The maximum Gasteiger partial charge on any atom is 0.160 e. The third-order valence-corrected chi connectivity index (χ3v) is 13.5. The summed E-state index contributed by atoms with van der Waals surface area (Å²) in [5, 5.41) is 7.05. The number of hydrogen-bond donors (Lipinski definition) is 0. The first-order valence-electron chi connectivity index (χ1n) is 20.7. The minimum atomic E-state index is -0.0183. The Kier molecular flexibility index (Phi) is 7.17. The van der Waals surface area contributed by atoms with E-state index in [2.05, 4.69) is 224 Å². The quantitative estimate of drug-likeness (QED) is 0.174. The molecule has 0 aliphatic heterocycles. The Bertz CT molecular complexity index is 3380. The first-order chi connectivity index (χ1) is 28.9. The van der Waals surface area contributed by atoms with Gasteiger partial charge in [0.2, 0.25) is 0 Å². The molecule has 12 rings (SSSR count). The highest BCUT2D eigenvalue weighted by Crippen LogP contribution is 2.57.